The second-order valence-corrected chi connectivity index (χ2v) is 3.38. The number of rotatable bonds is 4. The average molecular weight is 229 g/mol. The van der Waals surface area contributed by atoms with Gasteiger partial charge in [0.05, 0.1) is 6.67 Å². The fourth-order valence-electron chi connectivity index (χ4n) is 1.53. The summed E-state index contributed by atoms with van der Waals surface area (Å²) in [6.45, 7) is 0.112. The van der Waals surface area contributed by atoms with E-state index in [2.05, 4.69) is 10.3 Å². The highest BCUT2D eigenvalue weighted by Gasteiger charge is 2.06. The molecule has 0 saturated heterocycles. The van der Waals surface area contributed by atoms with E-state index in [1.165, 1.54) is 16.8 Å². The Kier molecular flexibility index (Phi) is 3.30. The van der Waals surface area contributed by atoms with Crippen LogP contribution in [0.5, 0.6) is 0 Å². The number of hydrogen-bond acceptors (Lipinski definition) is 3. The van der Waals surface area contributed by atoms with Gasteiger partial charge >= 0.3 is 0 Å². The van der Waals surface area contributed by atoms with Gasteiger partial charge in [-0.15, -0.1) is 0 Å². The van der Waals surface area contributed by atoms with Crippen LogP contribution in [0.25, 0.3) is 11.4 Å². The summed E-state index contributed by atoms with van der Waals surface area (Å²) >= 11 is 0. The first-order chi connectivity index (χ1) is 8.33. The topological polar surface area (TPSA) is 64.0 Å². The fourth-order valence-corrected chi connectivity index (χ4v) is 1.53. The van der Waals surface area contributed by atoms with Crippen molar-refractivity contribution in [2.24, 2.45) is 0 Å². The van der Waals surface area contributed by atoms with Crippen LogP contribution in [-0.2, 0) is 11.5 Å². The molecule has 5 heteroatoms. The summed E-state index contributed by atoms with van der Waals surface area (Å²) in [5.41, 5.74) is 0.631. The standard InChI is InChI=1S/C12H11N3O2/c16-9-13-8-15-11(17)6-7-14-12(15)10-4-2-1-3-5-10/h1-7,9H,8H2,(H,13,16). The van der Waals surface area contributed by atoms with Crippen LogP contribution in [0.15, 0.2) is 47.4 Å². The molecule has 0 atom stereocenters. The molecule has 0 saturated carbocycles. The van der Waals surface area contributed by atoms with Crippen LogP contribution in [-0.4, -0.2) is 16.0 Å². The van der Waals surface area contributed by atoms with E-state index in [9.17, 15) is 9.59 Å². The van der Waals surface area contributed by atoms with Crippen molar-refractivity contribution in [3.05, 3.63) is 52.9 Å². The second-order valence-electron chi connectivity index (χ2n) is 3.38. The van der Waals surface area contributed by atoms with E-state index in [0.29, 0.717) is 12.2 Å². The molecular weight excluding hydrogens is 218 g/mol. The summed E-state index contributed by atoms with van der Waals surface area (Å²) in [6, 6.07) is 10.7. The van der Waals surface area contributed by atoms with Crippen molar-refractivity contribution in [1.82, 2.24) is 14.9 Å². The molecule has 1 amide bonds. The summed E-state index contributed by atoms with van der Waals surface area (Å²) in [6.07, 6.45) is 2.01. The van der Waals surface area contributed by atoms with Crippen LogP contribution in [0.1, 0.15) is 0 Å². The largest absolute Gasteiger partial charge is 0.341 e. The quantitative estimate of drug-likeness (QED) is 0.781. The van der Waals surface area contributed by atoms with Gasteiger partial charge in [0.25, 0.3) is 5.56 Å². The van der Waals surface area contributed by atoms with Crippen LogP contribution < -0.4 is 10.9 Å². The van der Waals surface area contributed by atoms with E-state index in [1.54, 1.807) is 0 Å². The number of hydrogen-bond donors (Lipinski definition) is 1. The molecule has 0 aliphatic carbocycles. The summed E-state index contributed by atoms with van der Waals surface area (Å²) in [7, 11) is 0. The van der Waals surface area contributed by atoms with Crippen molar-refractivity contribution < 1.29 is 4.79 Å². The Morgan fingerprint density at radius 2 is 2.00 bits per heavy atom. The monoisotopic (exact) mass is 229 g/mol. The first-order valence-electron chi connectivity index (χ1n) is 5.11. The Morgan fingerprint density at radius 3 is 2.71 bits per heavy atom. The zero-order valence-electron chi connectivity index (χ0n) is 9.04. The lowest BCUT2D eigenvalue weighted by Gasteiger charge is -2.10. The van der Waals surface area contributed by atoms with Gasteiger partial charge in [0.15, 0.2) is 0 Å². The molecule has 17 heavy (non-hydrogen) atoms. The SMILES string of the molecule is O=CNCn1c(-c2ccccc2)nccc1=O. The molecule has 2 aromatic rings. The Bertz CT molecular complexity index is 563. The molecule has 0 unspecified atom stereocenters. The number of benzene rings is 1. The summed E-state index contributed by atoms with van der Waals surface area (Å²) < 4.78 is 1.41. The number of aromatic nitrogens is 2. The van der Waals surface area contributed by atoms with Gasteiger partial charge in [-0.3, -0.25) is 14.2 Å². The normalized spacial score (nSPS) is 9.88. The van der Waals surface area contributed by atoms with Crippen molar-refractivity contribution in [3.63, 3.8) is 0 Å². The van der Waals surface area contributed by atoms with Gasteiger partial charge in [0.2, 0.25) is 6.41 Å². The van der Waals surface area contributed by atoms with E-state index in [4.69, 9.17) is 0 Å². The van der Waals surface area contributed by atoms with Gasteiger partial charge in [0.1, 0.15) is 5.82 Å². The first-order valence-corrected chi connectivity index (χ1v) is 5.11. The van der Waals surface area contributed by atoms with E-state index in [1.807, 2.05) is 30.3 Å². The molecule has 1 aromatic carbocycles. The maximum absolute atomic E-state index is 11.7. The Morgan fingerprint density at radius 1 is 1.24 bits per heavy atom. The number of carbonyl (C=O) groups is 1. The molecule has 0 fully saturated rings. The maximum atomic E-state index is 11.7. The number of nitrogens with one attached hydrogen (secondary N) is 1. The predicted molar refractivity (Wildman–Crippen MR) is 63.1 cm³/mol. The van der Waals surface area contributed by atoms with E-state index in [-0.39, 0.29) is 12.2 Å². The minimum atomic E-state index is -0.201. The third-order valence-electron chi connectivity index (χ3n) is 2.30. The predicted octanol–water partition coefficient (Wildman–Crippen LogP) is 0.614. The Labute approximate surface area is 97.7 Å². The van der Waals surface area contributed by atoms with Crippen molar-refractivity contribution in [3.8, 4) is 11.4 Å². The second kappa shape index (κ2) is 5.07. The number of carbonyl (C=O) groups excluding carboxylic acids is 1. The zero-order valence-corrected chi connectivity index (χ0v) is 9.04. The van der Waals surface area contributed by atoms with Gasteiger partial charge < -0.3 is 5.32 Å². The molecule has 0 bridgehead atoms. The van der Waals surface area contributed by atoms with Gasteiger partial charge in [-0.05, 0) is 0 Å². The third-order valence-corrected chi connectivity index (χ3v) is 2.30. The summed E-state index contributed by atoms with van der Waals surface area (Å²) in [5, 5.41) is 2.46. The molecule has 5 nitrogen and oxygen atoms in total. The van der Waals surface area contributed by atoms with Crippen LogP contribution in [0.2, 0.25) is 0 Å². The number of amides is 1. The first kappa shape index (κ1) is 11.1. The molecule has 1 aromatic heterocycles. The highest BCUT2D eigenvalue weighted by molar-refractivity contribution is 5.55. The maximum Gasteiger partial charge on any atom is 0.255 e. The molecule has 0 spiro atoms. The smallest absolute Gasteiger partial charge is 0.255 e. The van der Waals surface area contributed by atoms with Gasteiger partial charge in [0, 0.05) is 17.8 Å². The Hall–Kier alpha value is -2.43. The van der Waals surface area contributed by atoms with Crippen LogP contribution in [0.3, 0.4) is 0 Å². The van der Waals surface area contributed by atoms with Crippen LogP contribution >= 0.6 is 0 Å². The van der Waals surface area contributed by atoms with Crippen LogP contribution in [0.4, 0.5) is 0 Å². The molecule has 0 aliphatic heterocycles. The molecule has 2 rings (SSSR count). The lowest BCUT2D eigenvalue weighted by Crippen LogP contribution is -2.28. The van der Waals surface area contributed by atoms with Crippen molar-refractivity contribution >= 4 is 6.41 Å². The third kappa shape index (κ3) is 2.39. The summed E-state index contributed by atoms with van der Waals surface area (Å²) in [4.78, 5) is 26.1. The minimum Gasteiger partial charge on any atom is -0.341 e. The average Bonchev–Trinajstić information content (AvgIpc) is 2.38. The van der Waals surface area contributed by atoms with Crippen LogP contribution in [0, 0.1) is 0 Å². The minimum absolute atomic E-state index is 0.112. The van der Waals surface area contributed by atoms with E-state index < -0.39 is 0 Å². The van der Waals surface area contributed by atoms with E-state index >= 15 is 0 Å². The molecule has 0 radical (unpaired) electrons. The van der Waals surface area contributed by atoms with Gasteiger partial charge in [-0.25, -0.2) is 4.98 Å². The van der Waals surface area contributed by atoms with E-state index in [0.717, 1.165) is 5.56 Å². The zero-order chi connectivity index (χ0) is 12.1. The molecule has 1 N–H and O–H groups in total. The van der Waals surface area contributed by atoms with Crippen molar-refractivity contribution in [1.29, 1.82) is 0 Å². The summed E-state index contributed by atoms with van der Waals surface area (Å²) in [5.74, 6) is 0.535. The highest BCUT2D eigenvalue weighted by Crippen LogP contribution is 2.13. The lowest BCUT2D eigenvalue weighted by molar-refractivity contribution is -0.110. The Balaban J connectivity index is 2.50. The molecular formula is C12H11N3O2. The fraction of sp³-hybridized carbons (Fsp3) is 0.0833. The number of nitrogens with zero attached hydrogens (tertiary/aromatic N) is 2. The molecule has 86 valence electrons. The van der Waals surface area contributed by atoms with Crippen molar-refractivity contribution in [2.45, 2.75) is 6.67 Å². The molecule has 1 heterocycles. The van der Waals surface area contributed by atoms with Gasteiger partial charge in [-0.2, -0.15) is 0 Å². The highest BCUT2D eigenvalue weighted by atomic mass is 16.1. The van der Waals surface area contributed by atoms with Crippen molar-refractivity contribution in [2.75, 3.05) is 0 Å². The lowest BCUT2D eigenvalue weighted by atomic mass is 10.2. The van der Waals surface area contributed by atoms with Gasteiger partial charge in [-0.1, -0.05) is 30.3 Å². The molecule has 0 aliphatic rings.